The van der Waals surface area contributed by atoms with Gasteiger partial charge in [-0.05, 0) is 49.1 Å². The largest absolute Gasteiger partial charge is 0.335 e. The summed E-state index contributed by atoms with van der Waals surface area (Å²) in [6.45, 7) is 5.38. The molecule has 0 radical (unpaired) electrons. The van der Waals surface area contributed by atoms with Crippen molar-refractivity contribution in [2.24, 2.45) is 0 Å². The molecule has 0 saturated carbocycles. The average Bonchev–Trinajstić information content (AvgIpc) is 3.29. The van der Waals surface area contributed by atoms with Gasteiger partial charge >= 0.3 is 0 Å². The molecule has 1 aliphatic heterocycles. The number of carbonyl (C=O) groups excluding carboxylic acids is 2. The molecule has 1 aromatic carbocycles. The fraction of sp³-hybridized carbons (Fsp3) is 0.364. The number of hydrogen-bond acceptors (Lipinski definition) is 3. The number of amides is 2. The number of piperazine rings is 1. The summed E-state index contributed by atoms with van der Waals surface area (Å²) >= 11 is 7.52. The first-order valence-electron chi connectivity index (χ1n) is 9.90. The zero-order valence-electron chi connectivity index (χ0n) is 16.8. The Morgan fingerprint density at radius 2 is 2.07 bits per heavy atom. The van der Waals surface area contributed by atoms with Crippen LogP contribution in [0, 0.1) is 5.82 Å². The van der Waals surface area contributed by atoms with E-state index in [0.29, 0.717) is 31.9 Å². The van der Waals surface area contributed by atoms with E-state index in [0.717, 1.165) is 15.8 Å². The Kier molecular flexibility index (Phi) is 5.84. The molecule has 3 aromatic rings. The lowest BCUT2D eigenvalue weighted by Crippen LogP contribution is -2.56. The summed E-state index contributed by atoms with van der Waals surface area (Å²) in [5.41, 5.74) is 1.38. The van der Waals surface area contributed by atoms with Gasteiger partial charge in [0.2, 0.25) is 5.91 Å². The third-order valence-corrected chi connectivity index (χ3v) is 6.63. The third kappa shape index (κ3) is 3.96. The number of nitrogens with zero attached hydrogens (tertiary/aromatic N) is 3. The number of carbonyl (C=O) groups is 2. The highest BCUT2D eigenvalue weighted by Crippen LogP contribution is 2.28. The van der Waals surface area contributed by atoms with E-state index in [1.54, 1.807) is 34.1 Å². The first-order valence-corrected chi connectivity index (χ1v) is 11.2. The van der Waals surface area contributed by atoms with Gasteiger partial charge in [-0.2, -0.15) is 0 Å². The Labute approximate surface area is 183 Å². The van der Waals surface area contributed by atoms with Crippen LogP contribution in [0.3, 0.4) is 0 Å². The first kappa shape index (κ1) is 20.9. The Hall–Kier alpha value is -2.38. The van der Waals surface area contributed by atoms with Gasteiger partial charge in [0, 0.05) is 37.6 Å². The van der Waals surface area contributed by atoms with Crippen molar-refractivity contribution in [3.63, 3.8) is 0 Å². The lowest BCUT2D eigenvalue weighted by molar-refractivity contribution is -0.134. The van der Waals surface area contributed by atoms with Crippen molar-refractivity contribution >= 4 is 45.0 Å². The van der Waals surface area contributed by atoms with Crippen molar-refractivity contribution in [1.29, 1.82) is 0 Å². The molecule has 158 valence electrons. The Balaban J connectivity index is 1.60. The van der Waals surface area contributed by atoms with Crippen LogP contribution in [0.4, 0.5) is 4.39 Å². The van der Waals surface area contributed by atoms with Crippen molar-refractivity contribution in [1.82, 2.24) is 14.4 Å². The number of alkyl halides is 1. The molecule has 0 aliphatic carbocycles. The van der Waals surface area contributed by atoms with Gasteiger partial charge in [-0.15, -0.1) is 22.9 Å². The summed E-state index contributed by atoms with van der Waals surface area (Å²) in [7, 11) is 0. The highest BCUT2D eigenvalue weighted by Gasteiger charge is 2.32. The van der Waals surface area contributed by atoms with Crippen molar-refractivity contribution in [2.75, 3.05) is 19.6 Å². The number of rotatable bonds is 4. The standard InChI is InChI=1S/C22H23ClFN3O2S/c1-14-12-25(7-8-26(14)20(28)15(2)23)21(29)19-11-17-6-9-30-22(17)27(19)13-16-4-3-5-18(24)10-16/h3-6,9-11,14-15H,7-8,12-13H2,1-2H3/t14-,15+/m1/s1. The number of hydrogen-bond donors (Lipinski definition) is 0. The second kappa shape index (κ2) is 8.40. The predicted octanol–water partition coefficient (Wildman–Crippen LogP) is 4.19. The molecule has 5 nitrogen and oxygen atoms in total. The van der Waals surface area contributed by atoms with Crippen LogP contribution in [-0.2, 0) is 11.3 Å². The van der Waals surface area contributed by atoms with Gasteiger partial charge in [-0.25, -0.2) is 4.39 Å². The molecule has 4 rings (SSSR count). The third-order valence-electron chi connectivity index (χ3n) is 5.49. The molecule has 1 fully saturated rings. The van der Waals surface area contributed by atoms with Gasteiger partial charge in [0.1, 0.15) is 21.7 Å². The minimum absolute atomic E-state index is 0.0762. The number of benzene rings is 1. The van der Waals surface area contributed by atoms with Crippen molar-refractivity contribution < 1.29 is 14.0 Å². The summed E-state index contributed by atoms with van der Waals surface area (Å²) < 4.78 is 15.6. The van der Waals surface area contributed by atoms with Gasteiger partial charge in [-0.3, -0.25) is 9.59 Å². The van der Waals surface area contributed by atoms with Crippen LogP contribution >= 0.6 is 22.9 Å². The molecule has 1 saturated heterocycles. The van der Waals surface area contributed by atoms with E-state index in [4.69, 9.17) is 11.6 Å². The molecule has 30 heavy (non-hydrogen) atoms. The Bertz CT molecular complexity index is 1090. The van der Waals surface area contributed by atoms with Crippen LogP contribution in [0.1, 0.15) is 29.9 Å². The summed E-state index contributed by atoms with van der Waals surface area (Å²) in [6.07, 6.45) is 0. The fourth-order valence-electron chi connectivity index (χ4n) is 3.99. The second-order valence-corrected chi connectivity index (χ2v) is 9.22. The van der Waals surface area contributed by atoms with E-state index in [2.05, 4.69) is 0 Å². The van der Waals surface area contributed by atoms with Gasteiger partial charge in [0.25, 0.3) is 5.91 Å². The van der Waals surface area contributed by atoms with Crippen LogP contribution in [0.25, 0.3) is 10.2 Å². The number of fused-ring (bicyclic) bond motifs is 1. The van der Waals surface area contributed by atoms with E-state index in [1.165, 1.54) is 12.1 Å². The quantitative estimate of drug-likeness (QED) is 0.563. The van der Waals surface area contributed by atoms with E-state index in [1.807, 2.05) is 35.1 Å². The summed E-state index contributed by atoms with van der Waals surface area (Å²) in [4.78, 5) is 30.2. The van der Waals surface area contributed by atoms with Crippen molar-refractivity contribution in [3.8, 4) is 0 Å². The fourth-order valence-corrected chi connectivity index (χ4v) is 5.01. The monoisotopic (exact) mass is 447 g/mol. The lowest BCUT2D eigenvalue weighted by atomic mass is 10.1. The Morgan fingerprint density at radius 3 is 2.77 bits per heavy atom. The molecule has 0 unspecified atom stereocenters. The summed E-state index contributed by atoms with van der Waals surface area (Å²) in [5.74, 6) is -0.475. The molecule has 8 heteroatoms. The number of aromatic nitrogens is 1. The summed E-state index contributed by atoms with van der Waals surface area (Å²) in [5, 5.41) is 2.41. The topological polar surface area (TPSA) is 45.6 Å². The van der Waals surface area contributed by atoms with Gasteiger partial charge in [0.05, 0.1) is 0 Å². The minimum Gasteiger partial charge on any atom is -0.335 e. The predicted molar refractivity (Wildman–Crippen MR) is 118 cm³/mol. The van der Waals surface area contributed by atoms with Gasteiger partial charge < -0.3 is 14.4 Å². The van der Waals surface area contributed by atoms with Crippen LogP contribution in [0.5, 0.6) is 0 Å². The van der Waals surface area contributed by atoms with Gasteiger partial charge in [-0.1, -0.05) is 12.1 Å². The van der Waals surface area contributed by atoms with Crippen LogP contribution in [-0.4, -0.2) is 57.2 Å². The Morgan fingerprint density at radius 1 is 1.27 bits per heavy atom. The molecular formula is C22H23ClFN3O2S. The van der Waals surface area contributed by atoms with Crippen LogP contribution in [0.2, 0.25) is 0 Å². The molecule has 1 aliphatic rings. The maximum absolute atomic E-state index is 13.7. The molecule has 2 amide bonds. The zero-order chi connectivity index (χ0) is 21.4. The molecular weight excluding hydrogens is 425 g/mol. The maximum atomic E-state index is 13.7. The number of thiophene rings is 1. The highest BCUT2D eigenvalue weighted by molar-refractivity contribution is 7.16. The second-order valence-electron chi connectivity index (χ2n) is 7.67. The molecule has 2 aromatic heterocycles. The highest BCUT2D eigenvalue weighted by atomic mass is 35.5. The normalized spacial score (nSPS) is 18.1. The average molecular weight is 448 g/mol. The molecule has 0 N–H and O–H groups in total. The first-order chi connectivity index (χ1) is 14.3. The van der Waals surface area contributed by atoms with Crippen LogP contribution < -0.4 is 0 Å². The molecule has 0 bridgehead atoms. The van der Waals surface area contributed by atoms with E-state index in [9.17, 15) is 14.0 Å². The SMILES string of the molecule is C[C@H](Cl)C(=O)N1CCN(C(=O)c2cc3ccsc3n2Cc2cccc(F)c2)C[C@H]1C. The minimum atomic E-state index is -0.579. The number of halogens is 2. The smallest absolute Gasteiger partial charge is 0.270 e. The zero-order valence-corrected chi connectivity index (χ0v) is 18.4. The van der Waals surface area contributed by atoms with Crippen molar-refractivity contribution in [3.05, 3.63) is 58.9 Å². The lowest BCUT2D eigenvalue weighted by Gasteiger charge is -2.40. The maximum Gasteiger partial charge on any atom is 0.270 e. The van der Waals surface area contributed by atoms with E-state index in [-0.39, 0.29) is 23.7 Å². The molecule has 2 atom stereocenters. The summed E-state index contributed by atoms with van der Waals surface area (Å²) in [6, 6.07) is 10.2. The van der Waals surface area contributed by atoms with E-state index >= 15 is 0 Å². The molecule has 0 spiro atoms. The van der Waals surface area contributed by atoms with Crippen molar-refractivity contribution in [2.45, 2.75) is 31.8 Å². The van der Waals surface area contributed by atoms with Crippen LogP contribution in [0.15, 0.2) is 41.8 Å². The van der Waals surface area contributed by atoms with Gasteiger partial charge in [0.15, 0.2) is 0 Å². The molecule has 3 heterocycles. The van der Waals surface area contributed by atoms with E-state index < -0.39 is 5.38 Å².